The number of carboxylic acids is 1. The quantitative estimate of drug-likeness (QED) is 0.650. The zero-order valence-electron chi connectivity index (χ0n) is 8.35. The Labute approximate surface area is 91.6 Å². The molecule has 0 aliphatic carbocycles. The molecule has 0 atom stereocenters. The Bertz CT molecular complexity index is 479. The van der Waals surface area contributed by atoms with Crippen molar-refractivity contribution in [2.75, 3.05) is 0 Å². The van der Waals surface area contributed by atoms with E-state index in [4.69, 9.17) is 5.11 Å². The summed E-state index contributed by atoms with van der Waals surface area (Å²) in [4.78, 5) is 19.8. The Balaban J connectivity index is 3.64. The van der Waals surface area contributed by atoms with Crippen molar-refractivity contribution < 1.29 is 28.0 Å². The number of alkyl halides is 3. The normalized spacial score (nSPS) is 11.5. The van der Waals surface area contributed by atoms with Crippen LogP contribution in [-0.2, 0) is 12.7 Å². The van der Waals surface area contributed by atoms with Gasteiger partial charge < -0.3 is 5.11 Å². The first-order chi connectivity index (χ1) is 7.70. The van der Waals surface area contributed by atoms with Gasteiger partial charge in [0, 0.05) is 6.54 Å². The summed E-state index contributed by atoms with van der Waals surface area (Å²) in [6.45, 7) is 1.10. The van der Waals surface area contributed by atoms with Crippen molar-refractivity contribution in [3.63, 3.8) is 0 Å². The Kier molecular flexibility index (Phi) is 3.07. The number of aryl methyl sites for hydroxylation is 1. The van der Waals surface area contributed by atoms with Crippen LogP contribution in [0.15, 0.2) is 0 Å². The molecular formula is C7H6F3N3O4. The van der Waals surface area contributed by atoms with E-state index in [9.17, 15) is 28.1 Å². The predicted molar refractivity (Wildman–Crippen MR) is 46.5 cm³/mol. The number of halogens is 3. The molecule has 7 nitrogen and oxygen atoms in total. The second-order valence-corrected chi connectivity index (χ2v) is 2.92. The molecule has 1 rings (SSSR count). The SMILES string of the molecule is CCn1nc(C(F)(F)F)c([N+](=O)[O-])c1C(=O)O. The molecular weight excluding hydrogens is 247 g/mol. The third-order valence-electron chi connectivity index (χ3n) is 1.88. The number of hydrogen-bond donors (Lipinski definition) is 1. The summed E-state index contributed by atoms with van der Waals surface area (Å²) in [7, 11) is 0. The maximum atomic E-state index is 12.4. The summed E-state index contributed by atoms with van der Waals surface area (Å²) in [5.41, 5.74) is -4.42. The Morgan fingerprint density at radius 1 is 1.59 bits per heavy atom. The van der Waals surface area contributed by atoms with Crippen molar-refractivity contribution >= 4 is 11.7 Å². The summed E-state index contributed by atoms with van der Waals surface area (Å²) in [5, 5.41) is 22.1. The van der Waals surface area contributed by atoms with E-state index in [0.29, 0.717) is 4.68 Å². The zero-order valence-corrected chi connectivity index (χ0v) is 8.35. The summed E-state index contributed by atoms with van der Waals surface area (Å²) < 4.78 is 37.7. The molecule has 1 aromatic rings. The standard InChI is InChI=1S/C7H6F3N3O4/c1-2-12-4(6(14)15)3(13(16)17)5(11-12)7(8,9)10/h2H2,1H3,(H,14,15). The van der Waals surface area contributed by atoms with Crippen LogP contribution in [0.3, 0.4) is 0 Å². The molecule has 0 bridgehead atoms. The van der Waals surface area contributed by atoms with Crippen molar-refractivity contribution in [1.82, 2.24) is 9.78 Å². The molecule has 0 aliphatic rings. The molecule has 1 heterocycles. The fourth-order valence-electron chi connectivity index (χ4n) is 1.26. The molecule has 0 unspecified atom stereocenters. The van der Waals surface area contributed by atoms with Gasteiger partial charge in [0.05, 0.1) is 4.92 Å². The topological polar surface area (TPSA) is 98.3 Å². The third kappa shape index (κ3) is 2.19. The van der Waals surface area contributed by atoms with Gasteiger partial charge in [-0.25, -0.2) is 4.79 Å². The smallest absolute Gasteiger partial charge is 0.442 e. The number of aromatic nitrogens is 2. The molecule has 0 saturated heterocycles. The molecule has 94 valence electrons. The van der Waals surface area contributed by atoms with Crippen molar-refractivity contribution in [3.8, 4) is 0 Å². The minimum absolute atomic E-state index is 0.224. The molecule has 0 saturated carbocycles. The van der Waals surface area contributed by atoms with Crippen LogP contribution >= 0.6 is 0 Å². The van der Waals surface area contributed by atoms with E-state index in [1.165, 1.54) is 6.92 Å². The van der Waals surface area contributed by atoms with E-state index in [2.05, 4.69) is 5.10 Å². The highest BCUT2D eigenvalue weighted by molar-refractivity contribution is 5.91. The number of hydrogen-bond acceptors (Lipinski definition) is 4. The zero-order chi connectivity index (χ0) is 13.4. The minimum atomic E-state index is -5.08. The average Bonchev–Trinajstić information content (AvgIpc) is 2.55. The molecule has 1 N–H and O–H groups in total. The number of rotatable bonds is 3. The molecule has 0 radical (unpaired) electrons. The lowest BCUT2D eigenvalue weighted by Crippen LogP contribution is -2.10. The third-order valence-corrected chi connectivity index (χ3v) is 1.88. The van der Waals surface area contributed by atoms with E-state index in [0.717, 1.165) is 0 Å². The van der Waals surface area contributed by atoms with Gasteiger partial charge in [0.15, 0.2) is 0 Å². The minimum Gasteiger partial charge on any atom is -0.476 e. The van der Waals surface area contributed by atoms with E-state index in [1.807, 2.05) is 0 Å². The van der Waals surface area contributed by atoms with Gasteiger partial charge >= 0.3 is 17.8 Å². The van der Waals surface area contributed by atoms with Crippen molar-refractivity contribution in [2.45, 2.75) is 19.6 Å². The van der Waals surface area contributed by atoms with Crippen molar-refractivity contribution in [2.24, 2.45) is 0 Å². The van der Waals surface area contributed by atoms with Gasteiger partial charge in [0.1, 0.15) is 0 Å². The van der Waals surface area contributed by atoms with Gasteiger partial charge in [0.25, 0.3) is 0 Å². The van der Waals surface area contributed by atoms with Crippen molar-refractivity contribution in [3.05, 3.63) is 21.5 Å². The predicted octanol–water partition coefficient (Wildman–Crippen LogP) is 1.53. The molecule has 17 heavy (non-hydrogen) atoms. The van der Waals surface area contributed by atoms with Gasteiger partial charge in [-0.05, 0) is 6.92 Å². The van der Waals surface area contributed by atoms with Crippen LogP contribution in [0.25, 0.3) is 0 Å². The number of nitrogens with zero attached hydrogens (tertiary/aromatic N) is 3. The van der Waals surface area contributed by atoms with Crippen LogP contribution in [0.1, 0.15) is 23.1 Å². The van der Waals surface area contributed by atoms with Crippen LogP contribution in [0.5, 0.6) is 0 Å². The maximum Gasteiger partial charge on any atom is 0.442 e. The van der Waals surface area contributed by atoms with E-state index < -0.39 is 34.1 Å². The lowest BCUT2D eigenvalue weighted by Gasteiger charge is -2.00. The Morgan fingerprint density at radius 3 is 2.41 bits per heavy atom. The van der Waals surface area contributed by atoms with Gasteiger partial charge in [-0.3, -0.25) is 14.8 Å². The fraction of sp³-hybridized carbons (Fsp3) is 0.429. The first-order valence-corrected chi connectivity index (χ1v) is 4.25. The second-order valence-electron chi connectivity index (χ2n) is 2.92. The van der Waals surface area contributed by atoms with Gasteiger partial charge in [0.2, 0.25) is 11.4 Å². The van der Waals surface area contributed by atoms with Gasteiger partial charge in [-0.1, -0.05) is 0 Å². The molecule has 1 aromatic heterocycles. The Morgan fingerprint density at radius 2 is 2.12 bits per heavy atom. The monoisotopic (exact) mass is 253 g/mol. The number of nitro groups is 1. The summed E-state index contributed by atoms with van der Waals surface area (Å²) >= 11 is 0. The first kappa shape index (κ1) is 12.9. The second kappa shape index (κ2) is 4.03. The lowest BCUT2D eigenvalue weighted by atomic mass is 10.3. The summed E-state index contributed by atoms with van der Waals surface area (Å²) in [6.07, 6.45) is -5.08. The lowest BCUT2D eigenvalue weighted by molar-refractivity contribution is -0.388. The largest absolute Gasteiger partial charge is 0.476 e. The molecule has 0 amide bonds. The van der Waals surface area contributed by atoms with Crippen LogP contribution in [0, 0.1) is 10.1 Å². The first-order valence-electron chi connectivity index (χ1n) is 4.25. The van der Waals surface area contributed by atoms with Gasteiger partial charge in [-0.15, -0.1) is 0 Å². The van der Waals surface area contributed by atoms with Gasteiger partial charge in [-0.2, -0.15) is 18.3 Å². The average molecular weight is 253 g/mol. The van der Waals surface area contributed by atoms with E-state index in [-0.39, 0.29) is 6.54 Å². The van der Waals surface area contributed by atoms with Crippen LogP contribution < -0.4 is 0 Å². The number of carbonyl (C=O) groups is 1. The summed E-state index contributed by atoms with van der Waals surface area (Å²) in [5.74, 6) is -1.83. The summed E-state index contributed by atoms with van der Waals surface area (Å²) in [6, 6.07) is 0. The molecule has 0 spiro atoms. The van der Waals surface area contributed by atoms with Crippen LogP contribution in [0.4, 0.5) is 18.9 Å². The fourth-order valence-corrected chi connectivity index (χ4v) is 1.26. The highest BCUT2D eigenvalue weighted by atomic mass is 19.4. The molecule has 0 fully saturated rings. The maximum absolute atomic E-state index is 12.4. The Hall–Kier alpha value is -2.13. The van der Waals surface area contributed by atoms with E-state index >= 15 is 0 Å². The van der Waals surface area contributed by atoms with E-state index in [1.54, 1.807) is 0 Å². The van der Waals surface area contributed by atoms with Crippen molar-refractivity contribution in [1.29, 1.82) is 0 Å². The highest BCUT2D eigenvalue weighted by Crippen LogP contribution is 2.37. The van der Waals surface area contributed by atoms with Crippen LogP contribution in [-0.4, -0.2) is 25.8 Å². The highest BCUT2D eigenvalue weighted by Gasteiger charge is 2.46. The molecule has 0 aromatic carbocycles. The number of carboxylic acid groups (broad SMARTS) is 1. The molecule has 0 aliphatic heterocycles. The van der Waals surface area contributed by atoms with Crippen LogP contribution in [0.2, 0.25) is 0 Å². The number of aromatic carboxylic acids is 1. The molecule has 10 heteroatoms.